The molecule has 0 atom stereocenters. The molecule has 1 heterocycles. The lowest BCUT2D eigenvalue weighted by atomic mass is 10.1. The topological polar surface area (TPSA) is 88.4 Å². The zero-order valence-electron chi connectivity index (χ0n) is 21.2. The molecule has 3 aromatic carbocycles. The number of rotatable bonds is 9. The number of amidine groups is 1. The van der Waals surface area contributed by atoms with E-state index >= 15 is 0 Å². The number of carboxylic acid groups (broad SMARTS) is 1. The van der Waals surface area contributed by atoms with E-state index in [0.717, 1.165) is 15.6 Å². The van der Waals surface area contributed by atoms with Gasteiger partial charge in [0.25, 0.3) is 5.91 Å². The van der Waals surface area contributed by atoms with Crippen LogP contribution in [-0.4, -0.2) is 40.2 Å². The number of likely N-dealkylation sites (N-methyl/N-ethyl adjacent to an activating group) is 1. The maximum absolute atomic E-state index is 13.1. The summed E-state index contributed by atoms with van der Waals surface area (Å²) < 4.78 is 12.7. The number of hydrogen-bond donors (Lipinski definition) is 1. The zero-order chi connectivity index (χ0) is 27.2. The van der Waals surface area contributed by atoms with Crippen LogP contribution in [0.4, 0.5) is 5.69 Å². The van der Waals surface area contributed by atoms with E-state index in [4.69, 9.17) is 14.6 Å². The van der Waals surface area contributed by atoms with Crippen LogP contribution < -0.4 is 9.47 Å². The first-order chi connectivity index (χ1) is 18.3. The number of aryl methyl sites for hydroxylation is 1. The van der Waals surface area contributed by atoms with E-state index < -0.39 is 5.97 Å². The molecule has 0 radical (unpaired) electrons. The minimum atomic E-state index is -1.00. The molecule has 3 aromatic rings. The smallest absolute Gasteiger partial charge is 0.335 e. The van der Waals surface area contributed by atoms with Crippen LogP contribution in [0.3, 0.4) is 0 Å². The quantitative estimate of drug-likeness (QED) is 0.267. The van der Waals surface area contributed by atoms with Crippen molar-refractivity contribution in [2.24, 2.45) is 4.99 Å². The number of hydrogen-bond acceptors (Lipinski definition) is 6. The molecule has 0 aromatic heterocycles. The maximum Gasteiger partial charge on any atom is 0.335 e. The predicted octanol–water partition coefficient (Wildman–Crippen LogP) is 7.06. The molecule has 0 aliphatic carbocycles. The summed E-state index contributed by atoms with van der Waals surface area (Å²) in [5, 5.41) is 9.65. The van der Waals surface area contributed by atoms with E-state index in [0.29, 0.717) is 47.0 Å². The van der Waals surface area contributed by atoms with Crippen molar-refractivity contribution in [3.63, 3.8) is 0 Å². The van der Waals surface area contributed by atoms with Gasteiger partial charge in [-0.15, -0.1) is 0 Å². The number of aromatic carboxylic acids is 1. The number of amides is 1. The molecule has 0 bridgehead atoms. The van der Waals surface area contributed by atoms with Gasteiger partial charge in [-0.3, -0.25) is 9.69 Å². The van der Waals surface area contributed by atoms with Crippen molar-refractivity contribution in [1.29, 1.82) is 0 Å². The Morgan fingerprint density at radius 1 is 1.08 bits per heavy atom. The summed E-state index contributed by atoms with van der Waals surface area (Å²) in [5.41, 5.74) is 3.77. The summed E-state index contributed by atoms with van der Waals surface area (Å²) in [6.45, 7) is 7.14. The number of ether oxygens (including phenoxy) is 2. The molecule has 1 aliphatic rings. The summed E-state index contributed by atoms with van der Waals surface area (Å²) in [4.78, 5) is 31.0. The standard InChI is InChI=1S/C29H27BrN2O5S/c1-4-32-27(33)25(38-29(32)31-22-12-10-21(11-13-22)28(34)35)16-20-14-23(30)26(24(15-20)36-5-2)37-17-19-8-6-18(3)7-9-19/h6-16H,4-5,17H2,1-3H3,(H,34,35). The Morgan fingerprint density at radius 2 is 1.79 bits per heavy atom. The van der Waals surface area contributed by atoms with Gasteiger partial charge in [0.15, 0.2) is 16.7 Å². The molecule has 7 nitrogen and oxygen atoms in total. The van der Waals surface area contributed by atoms with Crippen LogP contribution in [0.1, 0.15) is 40.9 Å². The van der Waals surface area contributed by atoms with Crippen LogP contribution in [0.2, 0.25) is 0 Å². The van der Waals surface area contributed by atoms with Crippen LogP contribution in [-0.2, 0) is 11.4 Å². The number of carbonyl (C=O) groups excluding carboxylic acids is 1. The highest BCUT2D eigenvalue weighted by atomic mass is 79.9. The van der Waals surface area contributed by atoms with Crippen LogP contribution in [0.25, 0.3) is 6.08 Å². The Labute approximate surface area is 234 Å². The molecular weight excluding hydrogens is 568 g/mol. The van der Waals surface area contributed by atoms with Gasteiger partial charge in [0, 0.05) is 6.54 Å². The number of halogens is 1. The van der Waals surface area contributed by atoms with Crippen molar-refractivity contribution < 1.29 is 24.2 Å². The highest BCUT2D eigenvalue weighted by Crippen LogP contribution is 2.40. The second-order valence-corrected chi connectivity index (χ2v) is 10.3. The van der Waals surface area contributed by atoms with Gasteiger partial charge in [0.2, 0.25) is 0 Å². The van der Waals surface area contributed by atoms with Crippen molar-refractivity contribution in [2.45, 2.75) is 27.4 Å². The third-order valence-electron chi connectivity index (χ3n) is 5.68. The molecule has 1 amide bonds. The largest absolute Gasteiger partial charge is 0.490 e. The predicted molar refractivity (Wildman–Crippen MR) is 154 cm³/mol. The van der Waals surface area contributed by atoms with Crippen molar-refractivity contribution >= 4 is 56.5 Å². The first-order valence-corrected chi connectivity index (χ1v) is 13.7. The fourth-order valence-electron chi connectivity index (χ4n) is 3.72. The first kappa shape index (κ1) is 27.5. The summed E-state index contributed by atoms with van der Waals surface area (Å²) >= 11 is 4.89. The fourth-order valence-corrected chi connectivity index (χ4v) is 5.36. The van der Waals surface area contributed by atoms with Crippen LogP contribution in [0, 0.1) is 6.92 Å². The summed E-state index contributed by atoms with van der Waals surface area (Å²) in [6, 6.07) is 18.1. The third-order valence-corrected chi connectivity index (χ3v) is 7.27. The summed E-state index contributed by atoms with van der Waals surface area (Å²) in [5.74, 6) is 0.0321. The Hall–Kier alpha value is -3.56. The molecular formula is C29H27BrN2O5S. The Bertz CT molecular complexity index is 1400. The van der Waals surface area contributed by atoms with E-state index in [9.17, 15) is 9.59 Å². The molecule has 0 saturated carbocycles. The van der Waals surface area contributed by atoms with Gasteiger partial charge in [-0.05, 0) is 102 Å². The minimum absolute atomic E-state index is 0.146. The van der Waals surface area contributed by atoms with Gasteiger partial charge in [0.1, 0.15) is 6.61 Å². The molecule has 1 fully saturated rings. The van der Waals surface area contributed by atoms with Crippen LogP contribution in [0.15, 0.2) is 75.0 Å². The number of thioether (sulfide) groups is 1. The lowest BCUT2D eigenvalue weighted by Gasteiger charge is -2.15. The van der Waals surface area contributed by atoms with Gasteiger partial charge in [-0.2, -0.15) is 0 Å². The normalized spacial score (nSPS) is 15.4. The van der Waals surface area contributed by atoms with Crippen molar-refractivity contribution in [2.75, 3.05) is 13.2 Å². The maximum atomic E-state index is 13.1. The molecule has 1 N–H and O–H groups in total. The van der Waals surface area contributed by atoms with Gasteiger partial charge in [-0.1, -0.05) is 29.8 Å². The highest BCUT2D eigenvalue weighted by molar-refractivity contribution is 9.10. The SMILES string of the molecule is CCOc1cc(C=C2SC(=Nc3ccc(C(=O)O)cc3)N(CC)C2=O)cc(Br)c1OCc1ccc(C)cc1. The molecule has 0 unspecified atom stereocenters. The van der Waals surface area contributed by atoms with Crippen molar-refractivity contribution in [1.82, 2.24) is 4.90 Å². The second kappa shape index (κ2) is 12.3. The molecule has 0 spiro atoms. The van der Waals surface area contributed by atoms with Crippen molar-refractivity contribution in [3.05, 3.63) is 92.3 Å². The average molecular weight is 596 g/mol. The van der Waals surface area contributed by atoms with Crippen LogP contribution >= 0.6 is 27.7 Å². The van der Waals surface area contributed by atoms with E-state index in [1.54, 1.807) is 17.0 Å². The molecule has 1 aliphatic heterocycles. The van der Waals surface area contributed by atoms with Crippen molar-refractivity contribution in [3.8, 4) is 11.5 Å². The average Bonchev–Trinajstić information content (AvgIpc) is 3.18. The first-order valence-electron chi connectivity index (χ1n) is 12.1. The molecule has 1 saturated heterocycles. The van der Waals surface area contributed by atoms with Gasteiger partial charge >= 0.3 is 5.97 Å². The number of carbonyl (C=O) groups is 2. The lowest BCUT2D eigenvalue weighted by molar-refractivity contribution is -0.122. The molecule has 4 rings (SSSR count). The third kappa shape index (κ3) is 6.46. The number of carboxylic acids is 1. The number of benzene rings is 3. The number of aliphatic imine (C=N–C) groups is 1. The Kier molecular flexibility index (Phi) is 8.91. The Morgan fingerprint density at radius 3 is 2.42 bits per heavy atom. The fraction of sp³-hybridized carbons (Fsp3) is 0.207. The van der Waals surface area contributed by atoms with E-state index in [-0.39, 0.29) is 11.5 Å². The summed E-state index contributed by atoms with van der Waals surface area (Å²) in [7, 11) is 0. The molecule has 38 heavy (non-hydrogen) atoms. The second-order valence-electron chi connectivity index (χ2n) is 8.44. The highest BCUT2D eigenvalue weighted by Gasteiger charge is 2.32. The monoisotopic (exact) mass is 594 g/mol. The zero-order valence-corrected chi connectivity index (χ0v) is 23.6. The van der Waals surface area contributed by atoms with Gasteiger partial charge < -0.3 is 14.6 Å². The minimum Gasteiger partial charge on any atom is -0.490 e. The Balaban J connectivity index is 1.59. The number of nitrogens with zero attached hydrogens (tertiary/aromatic N) is 2. The van der Waals surface area contributed by atoms with Gasteiger partial charge in [0.05, 0.1) is 27.2 Å². The molecule has 9 heteroatoms. The van der Waals surface area contributed by atoms with Gasteiger partial charge in [-0.25, -0.2) is 9.79 Å². The molecule has 196 valence electrons. The lowest BCUT2D eigenvalue weighted by Crippen LogP contribution is -2.28. The van der Waals surface area contributed by atoms with E-state index in [1.807, 2.05) is 63.2 Å². The summed E-state index contributed by atoms with van der Waals surface area (Å²) in [6.07, 6.45) is 1.81. The van der Waals surface area contributed by atoms with Crippen LogP contribution in [0.5, 0.6) is 11.5 Å². The van der Waals surface area contributed by atoms with E-state index in [1.165, 1.54) is 29.5 Å². The van der Waals surface area contributed by atoms with E-state index in [2.05, 4.69) is 20.9 Å².